The summed E-state index contributed by atoms with van der Waals surface area (Å²) in [7, 11) is 0. The average molecular weight is 529 g/mol. The van der Waals surface area contributed by atoms with Crippen molar-refractivity contribution in [1.82, 2.24) is 0 Å². The fourth-order valence-electron chi connectivity index (χ4n) is 5.46. The van der Waals surface area contributed by atoms with E-state index in [1.54, 1.807) is 0 Å². The molecule has 3 atom stereocenters. The number of nitrogens with two attached hydrogens (primary N) is 2. The highest BCUT2D eigenvalue weighted by molar-refractivity contribution is 6.31. The van der Waals surface area contributed by atoms with Gasteiger partial charge in [-0.15, -0.1) is 0 Å². The van der Waals surface area contributed by atoms with E-state index in [0.29, 0.717) is 12.8 Å². The van der Waals surface area contributed by atoms with Crippen molar-refractivity contribution in [2.45, 2.75) is 50.4 Å². The van der Waals surface area contributed by atoms with Crippen LogP contribution in [0, 0.1) is 22.5 Å². The number of aliphatic hydroxyl groups is 1. The maximum absolute atomic E-state index is 13.9. The third kappa shape index (κ3) is 4.64. The fraction of sp³-hybridized carbons (Fsp3) is 0.417. The number of benzene rings is 2. The van der Waals surface area contributed by atoms with Gasteiger partial charge in [0.2, 0.25) is 0 Å². The molecule has 3 aliphatic rings. The number of amides is 2. The summed E-state index contributed by atoms with van der Waals surface area (Å²) in [5, 5.41) is 11.0. The van der Waals surface area contributed by atoms with Crippen LogP contribution >= 0.6 is 23.2 Å². The van der Waals surface area contributed by atoms with Gasteiger partial charge in [0.25, 0.3) is 11.8 Å². The Morgan fingerprint density at radius 3 is 1.74 bits per heavy atom. The molecule has 3 aliphatic carbocycles. The maximum Gasteiger partial charge on any atom is 0.259 e. The minimum Gasteiger partial charge on any atom is -0.480 e. The molecule has 0 aliphatic heterocycles. The van der Waals surface area contributed by atoms with Crippen molar-refractivity contribution < 1.29 is 33.0 Å². The summed E-state index contributed by atoms with van der Waals surface area (Å²) in [5.74, 6) is -2.89. The van der Waals surface area contributed by atoms with Gasteiger partial charge in [0.1, 0.15) is 23.1 Å². The minimum absolute atomic E-state index is 0.0443. The van der Waals surface area contributed by atoms with Crippen molar-refractivity contribution in [3.63, 3.8) is 0 Å². The first-order chi connectivity index (χ1) is 16.5. The van der Waals surface area contributed by atoms with Gasteiger partial charge in [0.15, 0.2) is 12.2 Å². The lowest BCUT2D eigenvalue weighted by atomic mass is 9.49. The van der Waals surface area contributed by atoms with Crippen molar-refractivity contribution >= 4 is 35.0 Å². The van der Waals surface area contributed by atoms with Crippen molar-refractivity contribution in [1.29, 1.82) is 0 Å². The van der Waals surface area contributed by atoms with E-state index in [4.69, 9.17) is 44.1 Å². The second-order valence-electron chi connectivity index (χ2n) is 9.27. The van der Waals surface area contributed by atoms with Crippen molar-refractivity contribution in [2.24, 2.45) is 22.3 Å². The van der Waals surface area contributed by atoms with Crippen LogP contribution in [0.3, 0.4) is 0 Å². The molecule has 3 saturated carbocycles. The second-order valence-corrected chi connectivity index (χ2v) is 10.1. The van der Waals surface area contributed by atoms with E-state index in [1.165, 1.54) is 24.3 Å². The number of rotatable bonds is 8. The molecule has 3 fully saturated rings. The Kier molecular flexibility index (Phi) is 6.87. The summed E-state index contributed by atoms with van der Waals surface area (Å²) < 4.78 is 39.4. The number of carbonyl (C=O) groups is 2. The number of primary amides is 2. The van der Waals surface area contributed by atoms with Crippen LogP contribution in [0.5, 0.6) is 11.5 Å². The zero-order chi connectivity index (χ0) is 25.5. The summed E-state index contributed by atoms with van der Waals surface area (Å²) in [6, 6.07) is 7.52. The molecule has 5 N–H and O–H groups in total. The van der Waals surface area contributed by atoms with E-state index in [1.807, 2.05) is 0 Å². The number of ether oxygens (including phenoxy) is 2. The number of hydrogen-bond acceptors (Lipinski definition) is 5. The van der Waals surface area contributed by atoms with Crippen LogP contribution in [0.25, 0.3) is 0 Å². The lowest BCUT2D eigenvalue weighted by molar-refractivity contribution is -0.189. The summed E-state index contributed by atoms with van der Waals surface area (Å²) in [5.41, 5.74) is 9.41. The molecule has 0 radical (unpaired) electrons. The van der Waals surface area contributed by atoms with Gasteiger partial charge in [-0.25, -0.2) is 8.78 Å². The Balaban J connectivity index is 1.59. The van der Waals surface area contributed by atoms with Crippen LogP contribution in [0.2, 0.25) is 10.0 Å². The lowest BCUT2D eigenvalue weighted by Crippen LogP contribution is -2.65. The highest BCUT2D eigenvalue weighted by Crippen LogP contribution is 2.60. The summed E-state index contributed by atoms with van der Waals surface area (Å²) in [6.45, 7) is 0. The predicted molar refractivity (Wildman–Crippen MR) is 124 cm³/mol. The summed E-state index contributed by atoms with van der Waals surface area (Å²) >= 11 is 11.4. The molecular formula is C24H24Cl2F2N2O5. The number of halogens is 4. The molecule has 188 valence electrons. The van der Waals surface area contributed by atoms with Crippen LogP contribution in [-0.2, 0) is 9.59 Å². The normalized spacial score (nSPS) is 27.2. The molecule has 2 amide bonds. The molecule has 3 unspecified atom stereocenters. The molecule has 5 rings (SSSR count). The van der Waals surface area contributed by atoms with Gasteiger partial charge in [-0.3, -0.25) is 9.59 Å². The Labute approximate surface area is 210 Å². The number of fused-ring (bicyclic) bond motifs is 3. The lowest BCUT2D eigenvalue weighted by Gasteiger charge is -2.58. The molecule has 35 heavy (non-hydrogen) atoms. The average Bonchev–Trinajstić information content (AvgIpc) is 2.80. The van der Waals surface area contributed by atoms with Crippen molar-refractivity contribution in [2.75, 3.05) is 0 Å². The minimum atomic E-state index is -1.25. The predicted octanol–water partition coefficient (Wildman–Crippen LogP) is 3.75. The second kappa shape index (κ2) is 9.44. The van der Waals surface area contributed by atoms with E-state index in [2.05, 4.69) is 0 Å². The molecule has 0 saturated heterocycles. The highest BCUT2D eigenvalue weighted by atomic mass is 35.5. The van der Waals surface area contributed by atoms with Gasteiger partial charge in [-0.2, -0.15) is 0 Å². The van der Waals surface area contributed by atoms with Crippen LogP contribution < -0.4 is 20.9 Å². The zero-order valence-corrected chi connectivity index (χ0v) is 20.0. The topological polar surface area (TPSA) is 125 Å². The van der Waals surface area contributed by atoms with Crippen molar-refractivity contribution in [3.8, 4) is 11.5 Å². The fourth-order valence-corrected chi connectivity index (χ4v) is 5.70. The van der Waals surface area contributed by atoms with E-state index in [-0.39, 0.29) is 40.8 Å². The Morgan fingerprint density at radius 1 is 0.886 bits per heavy atom. The first-order valence-corrected chi connectivity index (χ1v) is 11.7. The number of aliphatic hydroxyl groups excluding tert-OH is 1. The van der Waals surface area contributed by atoms with Gasteiger partial charge >= 0.3 is 0 Å². The molecule has 2 bridgehead atoms. The third-order valence-corrected chi connectivity index (χ3v) is 7.94. The quantitative estimate of drug-likeness (QED) is 0.481. The molecule has 7 nitrogen and oxygen atoms in total. The molecule has 2 aromatic rings. The molecule has 0 spiro atoms. The third-order valence-electron chi connectivity index (χ3n) is 7.33. The standard InChI is InChI=1S/C24H24Cl2F2N2O5/c25-14-3-1-12(9-16(14)27)34-19(21(29)32)23-5-7-24(8-6-23,18(31)11-23)20(22(30)33)35-13-2-4-15(26)17(28)10-13/h1-4,9-10,18-20,31H,5-8,11H2,(H2,29,32)(H2,30,33). The summed E-state index contributed by atoms with van der Waals surface area (Å²) in [6.07, 6.45) is -2.21. The van der Waals surface area contributed by atoms with E-state index < -0.39 is 52.6 Å². The zero-order valence-electron chi connectivity index (χ0n) is 18.5. The van der Waals surface area contributed by atoms with E-state index in [0.717, 1.165) is 12.1 Å². The van der Waals surface area contributed by atoms with Gasteiger partial charge < -0.3 is 26.0 Å². The molecule has 2 aromatic carbocycles. The van der Waals surface area contributed by atoms with Gasteiger partial charge in [-0.1, -0.05) is 23.2 Å². The van der Waals surface area contributed by atoms with Crippen molar-refractivity contribution in [3.05, 3.63) is 58.1 Å². The number of carbonyl (C=O) groups excluding carboxylic acids is 2. The number of hydrogen-bond donors (Lipinski definition) is 3. The van der Waals surface area contributed by atoms with Gasteiger partial charge in [0, 0.05) is 23.0 Å². The first kappa shape index (κ1) is 25.5. The monoisotopic (exact) mass is 528 g/mol. The maximum atomic E-state index is 13.9. The Bertz CT molecular complexity index is 1160. The molecule has 11 heteroatoms. The van der Waals surface area contributed by atoms with Crippen LogP contribution in [0.4, 0.5) is 8.78 Å². The molecular weight excluding hydrogens is 505 g/mol. The first-order valence-electron chi connectivity index (χ1n) is 11.0. The Hall–Kier alpha value is -2.62. The van der Waals surface area contributed by atoms with Gasteiger partial charge in [0.05, 0.1) is 16.1 Å². The van der Waals surface area contributed by atoms with Gasteiger partial charge in [-0.05, 0) is 56.4 Å². The smallest absolute Gasteiger partial charge is 0.259 e. The van der Waals surface area contributed by atoms with E-state index >= 15 is 0 Å². The SMILES string of the molecule is NC(=O)C(Oc1ccc(Cl)c(F)c1)C12CCC(C(Oc3ccc(Cl)c(F)c3)C(N)=O)(CC1)C(O)C2. The summed E-state index contributed by atoms with van der Waals surface area (Å²) in [4.78, 5) is 24.8. The molecule has 0 heterocycles. The van der Waals surface area contributed by atoms with Crippen LogP contribution in [0.1, 0.15) is 32.1 Å². The molecule has 0 aromatic heterocycles. The largest absolute Gasteiger partial charge is 0.480 e. The van der Waals surface area contributed by atoms with E-state index in [9.17, 15) is 23.5 Å². The highest BCUT2D eigenvalue weighted by Gasteiger charge is 2.63. The van der Waals surface area contributed by atoms with Crippen LogP contribution in [-0.4, -0.2) is 35.2 Å². The van der Waals surface area contributed by atoms with Crippen LogP contribution in [0.15, 0.2) is 36.4 Å². The Morgan fingerprint density at radius 2 is 1.34 bits per heavy atom.